The second kappa shape index (κ2) is 7.55. The van der Waals surface area contributed by atoms with Crippen LogP contribution in [0.5, 0.6) is 0 Å². The van der Waals surface area contributed by atoms with Gasteiger partial charge in [0.1, 0.15) is 5.78 Å². The number of carbonyl (C=O) groups is 1. The SMILES string of the molecule is CCCN1CC(CC(C)C)C(=O)C(c2cccc(Br)c2)C1. The number of ketones is 1. The van der Waals surface area contributed by atoms with Gasteiger partial charge in [0.25, 0.3) is 0 Å². The standard InChI is InChI=1S/C18H26BrNO/c1-4-8-20-11-15(9-13(2)3)18(21)17(12-20)14-6-5-7-16(19)10-14/h5-7,10,13,15,17H,4,8-9,11-12H2,1-3H3. The number of hydrogen-bond donors (Lipinski definition) is 0. The maximum absolute atomic E-state index is 12.9. The van der Waals surface area contributed by atoms with Crippen molar-refractivity contribution in [3.63, 3.8) is 0 Å². The van der Waals surface area contributed by atoms with Crippen LogP contribution >= 0.6 is 15.9 Å². The summed E-state index contributed by atoms with van der Waals surface area (Å²) in [5.41, 5.74) is 1.16. The monoisotopic (exact) mass is 351 g/mol. The van der Waals surface area contributed by atoms with Crippen LogP contribution in [0.3, 0.4) is 0 Å². The van der Waals surface area contributed by atoms with Crippen molar-refractivity contribution >= 4 is 21.7 Å². The Labute approximate surface area is 137 Å². The summed E-state index contributed by atoms with van der Waals surface area (Å²) in [7, 11) is 0. The molecule has 1 saturated heterocycles. The third kappa shape index (κ3) is 4.40. The molecule has 0 bridgehead atoms. The summed E-state index contributed by atoms with van der Waals surface area (Å²) in [5, 5.41) is 0. The summed E-state index contributed by atoms with van der Waals surface area (Å²) in [6, 6.07) is 8.24. The van der Waals surface area contributed by atoms with Crippen LogP contribution in [0, 0.1) is 11.8 Å². The molecule has 0 saturated carbocycles. The normalized spacial score (nSPS) is 23.8. The molecular weight excluding hydrogens is 326 g/mol. The van der Waals surface area contributed by atoms with E-state index < -0.39 is 0 Å². The molecule has 1 aliphatic rings. The van der Waals surface area contributed by atoms with Gasteiger partial charge in [0, 0.05) is 23.5 Å². The summed E-state index contributed by atoms with van der Waals surface area (Å²) < 4.78 is 1.06. The second-order valence-electron chi connectivity index (χ2n) is 6.60. The quantitative estimate of drug-likeness (QED) is 0.778. The maximum Gasteiger partial charge on any atom is 0.145 e. The average Bonchev–Trinajstić information content (AvgIpc) is 2.42. The van der Waals surface area contributed by atoms with Crippen LogP contribution in [-0.4, -0.2) is 30.3 Å². The number of likely N-dealkylation sites (tertiary alicyclic amines) is 1. The summed E-state index contributed by atoms with van der Waals surface area (Å²) in [6.45, 7) is 9.53. The molecule has 0 radical (unpaired) electrons. The lowest BCUT2D eigenvalue weighted by Crippen LogP contribution is -2.46. The van der Waals surface area contributed by atoms with E-state index in [1.807, 2.05) is 12.1 Å². The molecule has 1 aromatic rings. The van der Waals surface area contributed by atoms with Gasteiger partial charge in [-0.1, -0.05) is 48.8 Å². The molecule has 3 heteroatoms. The van der Waals surface area contributed by atoms with Crippen molar-refractivity contribution in [2.45, 2.75) is 39.5 Å². The Hall–Kier alpha value is -0.670. The fourth-order valence-electron chi connectivity index (χ4n) is 3.36. The van der Waals surface area contributed by atoms with E-state index in [1.54, 1.807) is 0 Å². The van der Waals surface area contributed by atoms with Gasteiger partial charge in [-0.25, -0.2) is 0 Å². The van der Waals surface area contributed by atoms with Gasteiger partial charge in [-0.15, -0.1) is 0 Å². The highest BCUT2D eigenvalue weighted by atomic mass is 79.9. The molecule has 116 valence electrons. The number of piperidine rings is 1. The fraction of sp³-hybridized carbons (Fsp3) is 0.611. The summed E-state index contributed by atoms with van der Waals surface area (Å²) in [6.07, 6.45) is 2.15. The molecule has 0 amide bonds. The minimum Gasteiger partial charge on any atom is -0.302 e. The predicted molar refractivity (Wildman–Crippen MR) is 91.6 cm³/mol. The highest BCUT2D eigenvalue weighted by molar-refractivity contribution is 9.10. The van der Waals surface area contributed by atoms with E-state index in [4.69, 9.17) is 0 Å². The Morgan fingerprint density at radius 2 is 2.10 bits per heavy atom. The lowest BCUT2D eigenvalue weighted by atomic mass is 9.79. The van der Waals surface area contributed by atoms with Crippen LogP contribution in [0.15, 0.2) is 28.7 Å². The molecule has 1 aromatic carbocycles. The van der Waals surface area contributed by atoms with E-state index in [9.17, 15) is 4.79 Å². The number of carbonyl (C=O) groups excluding carboxylic acids is 1. The number of halogens is 1. The summed E-state index contributed by atoms with van der Waals surface area (Å²) in [5.74, 6) is 1.23. The molecule has 2 unspecified atom stereocenters. The van der Waals surface area contributed by atoms with Crippen molar-refractivity contribution in [3.05, 3.63) is 34.3 Å². The molecule has 2 nitrogen and oxygen atoms in total. The average molecular weight is 352 g/mol. The third-order valence-corrected chi connectivity index (χ3v) is 4.71. The van der Waals surface area contributed by atoms with E-state index in [2.05, 4.69) is 53.7 Å². The molecular formula is C18H26BrNO. The molecule has 1 fully saturated rings. The first-order chi connectivity index (χ1) is 10.0. The Morgan fingerprint density at radius 1 is 1.33 bits per heavy atom. The summed E-state index contributed by atoms with van der Waals surface area (Å²) in [4.78, 5) is 15.4. The van der Waals surface area contributed by atoms with E-state index in [0.29, 0.717) is 11.7 Å². The highest BCUT2D eigenvalue weighted by Crippen LogP contribution is 2.31. The second-order valence-corrected chi connectivity index (χ2v) is 7.51. The highest BCUT2D eigenvalue weighted by Gasteiger charge is 2.35. The Bertz CT molecular complexity index is 486. The number of benzene rings is 1. The van der Waals surface area contributed by atoms with Gasteiger partial charge in [0.05, 0.1) is 5.92 Å². The van der Waals surface area contributed by atoms with Gasteiger partial charge >= 0.3 is 0 Å². The van der Waals surface area contributed by atoms with Crippen molar-refractivity contribution in [1.82, 2.24) is 4.90 Å². The van der Waals surface area contributed by atoms with Crippen LogP contribution in [0.2, 0.25) is 0 Å². The summed E-state index contributed by atoms with van der Waals surface area (Å²) >= 11 is 3.53. The molecule has 0 spiro atoms. The van der Waals surface area contributed by atoms with Crippen molar-refractivity contribution in [2.24, 2.45) is 11.8 Å². The van der Waals surface area contributed by atoms with Gasteiger partial charge in [-0.3, -0.25) is 4.79 Å². The number of hydrogen-bond acceptors (Lipinski definition) is 2. The molecule has 1 heterocycles. The van der Waals surface area contributed by atoms with E-state index in [1.165, 1.54) is 0 Å². The lowest BCUT2D eigenvalue weighted by Gasteiger charge is -2.37. The van der Waals surface area contributed by atoms with Gasteiger partial charge < -0.3 is 4.90 Å². The van der Waals surface area contributed by atoms with Gasteiger partial charge in [-0.2, -0.15) is 0 Å². The molecule has 0 aromatic heterocycles. The van der Waals surface area contributed by atoms with E-state index in [-0.39, 0.29) is 11.8 Å². The third-order valence-electron chi connectivity index (χ3n) is 4.21. The first-order valence-corrected chi connectivity index (χ1v) is 8.82. The van der Waals surface area contributed by atoms with Gasteiger partial charge in [0.2, 0.25) is 0 Å². The van der Waals surface area contributed by atoms with Gasteiger partial charge in [0.15, 0.2) is 0 Å². The van der Waals surface area contributed by atoms with Crippen LogP contribution in [-0.2, 0) is 4.79 Å². The van der Waals surface area contributed by atoms with Crippen LogP contribution in [0.25, 0.3) is 0 Å². The molecule has 1 aliphatic heterocycles. The number of Topliss-reactive ketones (excluding diaryl/α,β-unsaturated/α-hetero) is 1. The van der Waals surface area contributed by atoms with Crippen molar-refractivity contribution in [3.8, 4) is 0 Å². The smallest absolute Gasteiger partial charge is 0.145 e. The Kier molecular flexibility index (Phi) is 6.00. The van der Waals surface area contributed by atoms with Crippen LogP contribution in [0.4, 0.5) is 0 Å². The van der Waals surface area contributed by atoms with Crippen molar-refractivity contribution in [1.29, 1.82) is 0 Å². The number of nitrogens with zero attached hydrogens (tertiary/aromatic N) is 1. The van der Waals surface area contributed by atoms with Gasteiger partial charge in [-0.05, 0) is 43.0 Å². The first kappa shape index (κ1) is 16.7. The topological polar surface area (TPSA) is 20.3 Å². The molecule has 2 atom stereocenters. The van der Waals surface area contributed by atoms with Crippen LogP contribution in [0.1, 0.15) is 45.1 Å². The number of rotatable bonds is 5. The Morgan fingerprint density at radius 3 is 2.71 bits per heavy atom. The molecule has 2 rings (SSSR count). The predicted octanol–water partition coefficient (Wildman–Crippen LogP) is 4.49. The maximum atomic E-state index is 12.9. The Balaban J connectivity index is 2.23. The van der Waals surface area contributed by atoms with Crippen molar-refractivity contribution < 1.29 is 4.79 Å². The first-order valence-electron chi connectivity index (χ1n) is 8.02. The minimum absolute atomic E-state index is 0.0338. The van der Waals surface area contributed by atoms with E-state index >= 15 is 0 Å². The minimum atomic E-state index is 0.0338. The molecule has 21 heavy (non-hydrogen) atoms. The zero-order chi connectivity index (χ0) is 15.4. The largest absolute Gasteiger partial charge is 0.302 e. The van der Waals surface area contributed by atoms with Crippen molar-refractivity contribution in [2.75, 3.05) is 19.6 Å². The lowest BCUT2D eigenvalue weighted by molar-refractivity contribution is -0.128. The van der Waals surface area contributed by atoms with Crippen LogP contribution < -0.4 is 0 Å². The zero-order valence-electron chi connectivity index (χ0n) is 13.3. The fourth-order valence-corrected chi connectivity index (χ4v) is 3.78. The van der Waals surface area contributed by atoms with E-state index in [0.717, 1.165) is 42.5 Å². The zero-order valence-corrected chi connectivity index (χ0v) is 14.9. The molecule has 0 aliphatic carbocycles. The molecule has 0 N–H and O–H groups in total.